The summed E-state index contributed by atoms with van der Waals surface area (Å²) in [5, 5.41) is 2.93. The smallest absolute Gasteiger partial charge is 0.231 e. The van der Waals surface area contributed by atoms with E-state index in [1.165, 1.54) is 7.11 Å². The van der Waals surface area contributed by atoms with E-state index in [9.17, 15) is 9.59 Å². The molecule has 2 aromatic carbocycles. The minimum absolute atomic E-state index is 0.0861. The minimum atomic E-state index is -0.780. The molecule has 2 saturated heterocycles. The topological polar surface area (TPSA) is 95.6 Å². The van der Waals surface area contributed by atoms with Crippen LogP contribution in [0.3, 0.4) is 0 Å². The number of benzene rings is 2. The molecule has 2 bridgehead atoms. The van der Waals surface area contributed by atoms with Gasteiger partial charge < -0.3 is 33.9 Å². The number of nitrogens with one attached hydrogen (secondary N) is 1. The standard InChI is InChI=1S/C25H24N2O7/c1-30-16-6-4-15(10-19(16)31-2)26-23(28)21-18-7-8-25(34-18)12-27(24(29)22(21)25)11-14-3-5-17-20(9-14)33-13-32-17/h3-10,18,21-22H,11-13H2,1-2H3,(H,26,28)/t18-,21-,22+,25+/m1/s1. The zero-order valence-corrected chi connectivity index (χ0v) is 18.8. The van der Waals surface area contributed by atoms with Crippen molar-refractivity contribution in [2.24, 2.45) is 11.8 Å². The molecule has 4 atom stereocenters. The highest BCUT2D eigenvalue weighted by Gasteiger charge is 2.66. The zero-order chi connectivity index (χ0) is 23.4. The van der Waals surface area contributed by atoms with Crippen LogP contribution in [0.5, 0.6) is 23.0 Å². The molecule has 4 aliphatic rings. The summed E-state index contributed by atoms with van der Waals surface area (Å²) in [5.74, 6) is 0.909. The first-order chi connectivity index (χ1) is 16.5. The second-order valence-electron chi connectivity index (χ2n) is 8.84. The monoisotopic (exact) mass is 464 g/mol. The van der Waals surface area contributed by atoms with Gasteiger partial charge in [-0.15, -0.1) is 0 Å². The van der Waals surface area contributed by atoms with E-state index in [-0.39, 0.29) is 18.6 Å². The Morgan fingerprint density at radius 2 is 1.94 bits per heavy atom. The normalized spacial score (nSPS) is 27.8. The number of fused-ring (bicyclic) bond motifs is 2. The molecule has 2 amide bonds. The largest absolute Gasteiger partial charge is 0.493 e. The highest BCUT2D eigenvalue weighted by atomic mass is 16.7. The maximum absolute atomic E-state index is 13.5. The number of rotatable bonds is 6. The number of likely N-dealkylation sites (tertiary alicyclic amines) is 1. The molecule has 0 aliphatic carbocycles. The molecule has 0 aromatic heterocycles. The number of methoxy groups -OCH3 is 2. The Morgan fingerprint density at radius 3 is 2.76 bits per heavy atom. The van der Waals surface area contributed by atoms with Crippen molar-refractivity contribution in [1.82, 2.24) is 4.90 Å². The Kier molecular flexibility index (Phi) is 4.70. The lowest BCUT2D eigenvalue weighted by molar-refractivity contribution is -0.136. The third kappa shape index (κ3) is 3.11. The first-order valence-corrected chi connectivity index (χ1v) is 11.1. The average molecular weight is 464 g/mol. The van der Waals surface area contributed by atoms with Crippen LogP contribution in [0.25, 0.3) is 0 Å². The fourth-order valence-electron chi connectivity index (χ4n) is 5.41. The van der Waals surface area contributed by atoms with Gasteiger partial charge in [-0.3, -0.25) is 9.59 Å². The predicted octanol–water partition coefficient (Wildman–Crippen LogP) is 2.35. The van der Waals surface area contributed by atoms with Gasteiger partial charge in [0.1, 0.15) is 5.60 Å². The summed E-state index contributed by atoms with van der Waals surface area (Å²) >= 11 is 0. The molecule has 176 valence electrons. The Morgan fingerprint density at radius 1 is 1.12 bits per heavy atom. The molecule has 2 aromatic rings. The molecule has 4 heterocycles. The van der Waals surface area contributed by atoms with Crippen LogP contribution in [0.4, 0.5) is 5.69 Å². The lowest BCUT2D eigenvalue weighted by Crippen LogP contribution is -2.41. The van der Waals surface area contributed by atoms with E-state index in [1.54, 1.807) is 30.2 Å². The minimum Gasteiger partial charge on any atom is -0.493 e. The predicted molar refractivity (Wildman–Crippen MR) is 120 cm³/mol. The van der Waals surface area contributed by atoms with E-state index in [2.05, 4.69) is 5.32 Å². The highest BCUT2D eigenvalue weighted by molar-refractivity contribution is 5.99. The van der Waals surface area contributed by atoms with Gasteiger partial charge >= 0.3 is 0 Å². The quantitative estimate of drug-likeness (QED) is 0.656. The van der Waals surface area contributed by atoms with Gasteiger partial charge in [0, 0.05) is 18.3 Å². The zero-order valence-electron chi connectivity index (χ0n) is 18.8. The van der Waals surface area contributed by atoms with Gasteiger partial charge in [0.15, 0.2) is 23.0 Å². The van der Waals surface area contributed by atoms with Crippen LogP contribution in [0.1, 0.15) is 5.56 Å². The summed E-state index contributed by atoms with van der Waals surface area (Å²) in [5.41, 5.74) is 0.711. The molecule has 1 spiro atoms. The van der Waals surface area contributed by atoms with Crippen molar-refractivity contribution in [3.05, 3.63) is 54.1 Å². The van der Waals surface area contributed by atoms with Crippen molar-refractivity contribution in [2.45, 2.75) is 18.2 Å². The maximum atomic E-state index is 13.5. The fourth-order valence-corrected chi connectivity index (χ4v) is 5.41. The third-order valence-electron chi connectivity index (χ3n) is 6.94. The highest BCUT2D eigenvalue weighted by Crippen LogP contribution is 2.52. The van der Waals surface area contributed by atoms with E-state index < -0.39 is 23.5 Å². The average Bonchev–Trinajstić information content (AvgIpc) is 3.60. The van der Waals surface area contributed by atoms with Gasteiger partial charge in [-0.1, -0.05) is 18.2 Å². The lowest BCUT2D eigenvalue weighted by Gasteiger charge is -2.23. The van der Waals surface area contributed by atoms with Gasteiger partial charge in [-0.05, 0) is 29.8 Å². The van der Waals surface area contributed by atoms with Crippen molar-refractivity contribution in [3.8, 4) is 23.0 Å². The van der Waals surface area contributed by atoms with Crippen molar-refractivity contribution >= 4 is 17.5 Å². The SMILES string of the molecule is COc1ccc(NC(=O)[C@H]2[C@H]3C(=O)N(Cc4ccc5c(c4)OCO5)C[C@@]34C=C[C@H]2O4)cc1OC. The Hall–Kier alpha value is -3.72. The fraction of sp³-hybridized carbons (Fsp3) is 0.360. The van der Waals surface area contributed by atoms with E-state index in [4.69, 9.17) is 23.7 Å². The van der Waals surface area contributed by atoms with Gasteiger partial charge in [0.25, 0.3) is 0 Å². The van der Waals surface area contributed by atoms with Crippen molar-refractivity contribution in [3.63, 3.8) is 0 Å². The van der Waals surface area contributed by atoms with Crippen LogP contribution in [0.15, 0.2) is 48.6 Å². The van der Waals surface area contributed by atoms with Crippen LogP contribution in [0.2, 0.25) is 0 Å². The van der Waals surface area contributed by atoms with Crippen molar-refractivity contribution in [2.75, 3.05) is 32.9 Å². The number of anilines is 1. The van der Waals surface area contributed by atoms with Crippen LogP contribution in [-0.4, -0.2) is 56.0 Å². The maximum Gasteiger partial charge on any atom is 0.231 e. The van der Waals surface area contributed by atoms with Gasteiger partial charge in [0.2, 0.25) is 18.6 Å². The van der Waals surface area contributed by atoms with Crippen LogP contribution >= 0.6 is 0 Å². The molecule has 6 rings (SSSR count). The van der Waals surface area contributed by atoms with Crippen LogP contribution in [-0.2, 0) is 20.9 Å². The summed E-state index contributed by atoms with van der Waals surface area (Å²) in [6.07, 6.45) is 3.41. The van der Waals surface area contributed by atoms with E-state index in [0.29, 0.717) is 41.8 Å². The summed E-state index contributed by atoms with van der Waals surface area (Å²) < 4.78 is 27.6. The van der Waals surface area contributed by atoms with E-state index in [1.807, 2.05) is 30.4 Å². The summed E-state index contributed by atoms with van der Waals surface area (Å²) in [7, 11) is 3.09. The van der Waals surface area contributed by atoms with Gasteiger partial charge in [-0.2, -0.15) is 0 Å². The first-order valence-electron chi connectivity index (χ1n) is 11.1. The number of carbonyl (C=O) groups excluding carboxylic acids is 2. The summed E-state index contributed by atoms with van der Waals surface area (Å²) in [6, 6.07) is 10.8. The number of carbonyl (C=O) groups is 2. The molecule has 34 heavy (non-hydrogen) atoms. The molecule has 9 heteroatoms. The number of hydrogen-bond donors (Lipinski definition) is 1. The third-order valence-corrected chi connectivity index (χ3v) is 6.94. The van der Waals surface area contributed by atoms with E-state index in [0.717, 1.165) is 5.56 Å². The molecule has 0 unspecified atom stereocenters. The van der Waals surface area contributed by atoms with Gasteiger partial charge in [0.05, 0.1) is 38.7 Å². The Labute approximate surface area is 196 Å². The van der Waals surface area contributed by atoms with Crippen LogP contribution in [0, 0.1) is 11.8 Å². The summed E-state index contributed by atoms with van der Waals surface area (Å²) in [6.45, 7) is 1.00. The number of ether oxygens (including phenoxy) is 5. The number of hydrogen-bond acceptors (Lipinski definition) is 7. The molecule has 2 fully saturated rings. The number of amides is 2. The first kappa shape index (κ1) is 20.9. The molecule has 1 N–H and O–H groups in total. The molecular formula is C25H24N2O7. The molecule has 0 saturated carbocycles. The lowest BCUT2D eigenvalue weighted by atomic mass is 9.77. The second-order valence-corrected chi connectivity index (χ2v) is 8.84. The van der Waals surface area contributed by atoms with Crippen molar-refractivity contribution < 1.29 is 33.3 Å². The Bertz CT molecular complexity index is 1210. The second kappa shape index (κ2) is 7.66. The molecule has 0 radical (unpaired) electrons. The molecule has 9 nitrogen and oxygen atoms in total. The Balaban J connectivity index is 1.21. The number of nitrogens with zero attached hydrogens (tertiary/aromatic N) is 1. The molecular weight excluding hydrogens is 440 g/mol. The van der Waals surface area contributed by atoms with Gasteiger partial charge in [-0.25, -0.2) is 0 Å². The van der Waals surface area contributed by atoms with Crippen LogP contribution < -0.4 is 24.3 Å². The van der Waals surface area contributed by atoms with Crippen molar-refractivity contribution in [1.29, 1.82) is 0 Å². The van der Waals surface area contributed by atoms with E-state index >= 15 is 0 Å². The summed E-state index contributed by atoms with van der Waals surface area (Å²) in [4.78, 5) is 28.6. The molecule has 4 aliphatic heterocycles.